The fraction of sp³-hybridized carbons (Fsp3) is 0.519. The van der Waals surface area contributed by atoms with E-state index in [9.17, 15) is 28.5 Å². The van der Waals surface area contributed by atoms with Crippen molar-refractivity contribution in [1.29, 1.82) is 0 Å². The summed E-state index contributed by atoms with van der Waals surface area (Å²) in [4.78, 5) is 17.1. The molecule has 11 heteroatoms. The van der Waals surface area contributed by atoms with Crippen LogP contribution in [0.1, 0.15) is 68.2 Å². The zero-order valence-corrected chi connectivity index (χ0v) is 22.7. The number of carbonyl (C=O) groups is 1. The van der Waals surface area contributed by atoms with Gasteiger partial charge in [0.05, 0.1) is 17.6 Å². The minimum Gasteiger partial charge on any atom is -0.508 e. The van der Waals surface area contributed by atoms with Crippen LogP contribution in [0, 0.1) is 0 Å². The summed E-state index contributed by atoms with van der Waals surface area (Å²) in [5.74, 6) is -0.715. The first kappa shape index (κ1) is 31.7. The molecular weight excluding hydrogens is 512 g/mol. The third-order valence-corrected chi connectivity index (χ3v) is 7.07. The lowest BCUT2D eigenvalue weighted by atomic mass is 10.1. The van der Waals surface area contributed by atoms with Crippen molar-refractivity contribution in [3.8, 4) is 5.75 Å². The number of carbonyl (C=O) groups excluding carboxylic acids is 1. The highest BCUT2D eigenvalue weighted by Gasteiger charge is 2.16. The second-order valence-corrected chi connectivity index (χ2v) is 10.7. The number of sulfonamides is 1. The summed E-state index contributed by atoms with van der Waals surface area (Å²) >= 11 is 0. The average Bonchev–Trinajstić information content (AvgIpc) is 2.90. The molecule has 0 aliphatic rings. The third kappa shape index (κ3) is 11.9. The van der Waals surface area contributed by atoms with Crippen LogP contribution in [0.3, 0.4) is 0 Å². The smallest absolute Gasteiger partial charge is 0.323 e. The summed E-state index contributed by atoms with van der Waals surface area (Å²) in [5, 5.41) is 32.3. The lowest BCUT2D eigenvalue weighted by Gasteiger charge is -2.14. The molecular formula is C27H40N2O8S. The number of aryl methyl sites for hydroxylation is 1. The van der Waals surface area contributed by atoms with Gasteiger partial charge in [0, 0.05) is 32.2 Å². The summed E-state index contributed by atoms with van der Waals surface area (Å²) in [6.07, 6.45) is 6.01. The molecule has 0 spiro atoms. The molecule has 0 aromatic heterocycles. The van der Waals surface area contributed by atoms with E-state index in [2.05, 4.69) is 10.2 Å². The number of nitrogens with one attached hydrogen (secondary N) is 2. The standard InChI is InChI=1S/C27H40N2O8S/c1-21(31)37-29-38(34,35)25-11-7-9-22(17-25)10-8-16-36-15-6-4-2-3-5-14-28-19-27(33)23-12-13-26(32)24(18-23)20-30/h7,9,11-13,17-18,27-30,32-33H,2-6,8,10,14-16,19-20H2,1H3. The van der Waals surface area contributed by atoms with Gasteiger partial charge in [0.15, 0.2) is 0 Å². The van der Waals surface area contributed by atoms with Gasteiger partial charge in [-0.1, -0.05) is 37.5 Å². The Labute approximate surface area is 225 Å². The van der Waals surface area contributed by atoms with Crippen molar-refractivity contribution in [2.24, 2.45) is 0 Å². The van der Waals surface area contributed by atoms with Gasteiger partial charge in [0.1, 0.15) is 5.75 Å². The van der Waals surface area contributed by atoms with E-state index in [1.54, 1.807) is 29.2 Å². The summed E-state index contributed by atoms with van der Waals surface area (Å²) in [5.41, 5.74) is 1.92. The first-order valence-corrected chi connectivity index (χ1v) is 14.4. The van der Waals surface area contributed by atoms with Crippen molar-refractivity contribution in [3.63, 3.8) is 0 Å². The molecule has 212 valence electrons. The highest BCUT2D eigenvalue weighted by molar-refractivity contribution is 7.89. The minimum absolute atomic E-state index is 0.0236. The van der Waals surface area contributed by atoms with Gasteiger partial charge >= 0.3 is 5.97 Å². The predicted octanol–water partition coefficient (Wildman–Crippen LogP) is 2.86. The molecule has 0 saturated carbocycles. The lowest BCUT2D eigenvalue weighted by Crippen LogP contribution is -2.26. The molecule has 0 aliphatic heterocycles. The van der Waals surface area contributed by atoms with Crippen LogP contribution in [0.25, 0.3) is 0 Å². The number of unbranched alkanes of at least 4 members (excludes halogenated alkanes) is 4. The van der Waals surface area contributed by atoms with Gasteiger partial charge in [-0.05, 0) is 72.5 Å². The van der Waals surface area contributed by atoms with Crippen molar-refractivity contribution >= 4 is 16.0 Å². The summed E-state index contributed by atoms with van der Waals surface area (Å²) < 4.78 is 30.0. The largest absolute Gasteiger partial charge is 0.508 e. The molecule has 2 aromatic rings. The van der Waals surface area contributed by atoms with Crippen molar-refractivity contribution in [2.45, 2.75) is 69.5 Å². The van der Waals surface area contributed by atoms with Crippen LogP contribution in [-0.4, -0.2) is 56.0 Å². The van der Waals surface area contributed by atoms with E-state index in [4.69, 9.17) is 4.74 Å². The van der Waals surface area contributed by atoms with Crippen LogP contribution >= 0.6 is 0 Å². The highest BCUT2D eigenvalue weighted by atomic mass is 32.2. The van der Waals surface area contributed by atoms with Gasteiger partial charge in [-0.3, -0.25) is 4.79 Å². The fourth-order valence-corrected chi connectivity index (χ4v) is 4.68. The van der Waals surface area contributed by atoms with Gasteiger partial charge in [-0.15, -0.1) is 0 Å². The molecule has 0 bridgehead atoms. The molecule has 38 heavy (non-hydrogen) atoms. The Morgan fingerprint density at radius 2 is 1.74 bits per heavy atom. The Balaban J connectivity index is 1.47. The quantitative estimate of drug-likeness (QED) is 0.131. The first-order chi connectivity index (χ1) is 18.2. The number of aromatic hydroxyl groups is 1. The Kier molecular flexibility index (Phi) is 14.3. The number of rotatable bonds is 19. The highest BCUT2D eigenvalue weighted by Crippen LogP contribution is 2.22. The molecule has 5 N–H and O–H groups in total. The predicted molar refractivity (Wildman–Crippen MR) is 143 cm³/mol. The number of aliphatic hydroxyl groups is 2. The molecule has 2 aromatic carbocycles. The first-order valence-electron chi connectivity index (χ1n) is 12.9. The maximum atomic E-state index is 12.1. The molecule has 2 rings (SSSR count). The van der Waals surface area contributed by atoms with Gasteiger partial charge < -0.3 is 30.2 Å². The summed E-state index contributed by atoms with van der Waals surface area (Å²) in [6.45, 7) is 3.34. The second-order valence-electron chi connectivity index (χ2n) is 9.08. The Hall–Kier alpha value is -2.54. The monoisotopic (exact) mass is 552 g/mol. The number of aliphatic hydroxyl groups excluding tert-OH is 2. The van der Waals surface area contributed by atoms with Gasteiger partial charge in [0.2, 0.25) is 0 Å². The molecule has 1 unspecified atom stereocenters. The van der Waals surface area contributed by atoms with E-state index in [0.717, 1.165) is 57.6 Å². The van der Waals surface area contributed by atoms with Gasteiger partial charge in [0.25, 0.3) is 10.0 Å². The number of benzene rings is 2. The second kappa shape index (κ2) is 17.1. The van der Waals surface area contributed by atoms with E-state index in [1.807, 2.05) is 6.07 Å². The number of ether oxygens (including phenoxy) is 1. The van der Waals surface area contributed by atoms with Crippen molar-refractivity contribution < 1.29 is 38.1 Å². The van der Waals surface area contributed by atoms with Crippen molar-refractivity contribution in [3.05, 3.63) is 59.2 Å². The maximum absolute atomic E-state index is 12.1. The van der Waals surface area contributed by atoms with Crippen LogP contribution in [0.5, 0.6) is 5.75 Å². The maximum Gasteiger partial charge on any atom is 0.323 e. The fourth-order valence-electron chi connectivity index (χ4n) is 3.79. The molecule has 0 saturated heterocycles. The van der Waals surface area contributed by atoms with E-state index in [1.165, 1.54) is 12.1 Å². The SMILES string of the molecule is CC(=O)ONS(=O)(=O)c1cccc(CCCOCCCCCCCNCC(O)c2ccc(O)c(CO)c2)c1. The normalized spacial score (nSPS) is 12.4. The topological polar surface area (TPSA) is 154 Å². The zero-order chi connectivity index (χ0) is 27.8. The average molecular weight is 553 g/mol. The van der Waals surface area contributed by atoms with Gasteiger partial charge in [-0.2, -0.15) is 0 Å². The lowest BCUT2D eigenvalue weighted by molar-refractivity contribution is -0.144. The van der Waals surface area contributed by atoms with Crippen LogP contribution in [-0.2, 0) is 37.4 Å². The van der Waals surface area contributed by atoms with Crippen molar-refractivity contribution in [2.75, 3.05) is 26.3 Å². The molecule has 0 heterocycles. The van der Waals surface area contributed by atoms with Crippen LogP contribution in [0.2, 0.25) is 0 Å². The summed E-state index contributed by atoms with van der Waals surface area (Å²) in [6, 6.07) is 11.2. The van der Waals surface area contributed by atoms with E-state index < -0.39 is 22.1 Å². The number of hydrogen-bond donors (Lipinski definition) is 5. The number of hydrogen-bond acceptors (Lipinski definition) is 9. The number of phenols is 1. The molecule has 0 amide bonds. The Bertz CT molecular complexity index is 1090. The molecule has 0 fully saturated rings. The summed E-state index contributed by atoms with van der Waals surface area (Å²) in [7, 11) is -3.91. The minimum atomic E-state index is -3.91. The van der Waals surface area contributed by atoms with E-state index in [-0.39, 0.29) is 17.3 Å². The van der Waals surface area contributed by atoms with Crippen LogP contribution in [0.15, 0.2) is 47.4 Å². The third-order valence-electron chi connectivity index (χ3n) is 5.90. The van der Waals surface area contributed by atoms with Crippen molar-refractivity contribution in [1.82, 2.24) is 10.2 Å². The molecule has 0 aliphatic carbocycles. The Morgan fingerprint density at radius 1 is 1.00 bits per heavy atom. The Morgan fingerprint density at radius 3 is 2.50 bits per heavy atom. The van der Waals surface area contributed by atoms with E-state index in [0.29, 0.717) is 37.3 Å². The van der Waals surface area contributed by atoms with Gasteiger partial charge in [-0.25, -0.2) is 8.42 Å². The molecule has 1 atom stereocenters. The zero-order valence-electron chi connectivity index (χ0n) is 21.9. The van der Waals surface area contributed by atoms with E-state index >= 15 is 0 Å². The van der Waals surface area contributed by atoms with Crippen LogP contribution < -0.4 is 10.2 Å². The van der Waals surface area contributed by atoms with Crippen LogP contribution in [0.4, 0.5) is 0 Å². The molecule has 10 nitrogen and oxygen atoms in total. The molecule has 0 radical (unpaired) electrons.